The first-order valence-corrected chi connectivity index (χ1v) is 3.29. The molecule has 2 heteroatoms. The van der Waals surface area contributed by atoms with Crippen LogP contribution in [0.15, 0.2) is 24.3 Å². The maximum atomic E-state index is 12.6. The molecule has 54 valence electrons. The summed E-state index contributed by atoms with van der Waals surface area (Å²) in [5.74, 6) is -0.472. The fourth-order valence-electron chi connectivity index (χ4n) is 1.14. The summed E-state index contributed by atoms with van der Waals surface area (Å²) >= 11 is 0. The van der Waals surface area contributed by atoms with Crippen molar-refractivity contribution in [2.24, 2.45) is 0 Å². The summed E-state index contributed by atoms with van der Waals surface area (Å²) in [6, 6.07) is 4.21. The Bertz CT molecular complexity index is 353. The van der Waals surface area contributed by atoms with Gasteiger partial charge in [0.1, 0.15) is 5.82 Å². The first-order valence-electron chi connectivity index (χ1n) is 3.29. The molecule has 0 heterocycles. The molecular formula is C9H5FO. The first-order chi connectivity index (χ1) is 5.27. The summed E-state index contributed by atoms with van der Waals surface area (Å²) in [6.45, 7) is 0. The van der Waals surface area contributed by atoms with E-state index in [0.717, 1.165) is 5.56 Å². The highest BCUT2D eigenvalue weighted by Crippen LogP contribution is 2.19. The second-order valence-electron chi connectivity index (χ2n) is 2.43. The molecule has 0 aromatic heterocycles. The Balaban J connectivity index is 2.67. The van der Waals surface area contributed by atoms with E-state index in [1.54, 1.807) is 12.1 Å². The van der Waals surface area contributed by atoms with Gasteiger partial charge >= 0.3 is 0 Å². The van der Waals surface area contributed by atoms with E-state index in [4.69, 9.17) is 0 Å². The maximum Gasteiger partial charge on any atom is 0.186 e. The second kappa shape index (κ2) is 2.02. The van der Waals surface area contributed by atoms with E-state index in [1.807, 2.05) is 0 Å². The number of hydrogen-bond donors (Lipinski definition) is 0. The molecule has 1 aliphatic carbocycles. The summed E-state index contributed by atoms with van der Waals surface area (Å²) in [5, 5.41) is 0. The van der Waals surface area contributed by atoms with E-state index in [-0.39, 0.29) is 11.6 Å². The summed E-state index contributed by atoms with van der Waals surface area (Å²) in [6.07, 6.45) is 3.14. The van der Waals surface area contributed by atoms with Gasteiger partial charge in [-0.25, -0.2) is 4.39 Å². The van der Waals surface area contributed by atoms with E-state index >= 15 is 0 Å². The highest BCUT2D eigenvalue weighted by molar-refractivity contribution is 6.13. The molecule has 0 amide bonds. The maximum absolute atomic E-state index is 12.6. The van der Waals surface area contributed by atoms with Crippen LogP contribution in [0.5, 0.6) is 0 Å². The normalized spacial score (nSPS) is 13.7. The lowest BCUT2D eigenvalue weighted by molar-refractivity contribution is 0.104. The average Bonchev–Trinajstić information content (AvgIpc) is 2.33. The van der Waals surface area contributed by atoms with Gasteiger partial charge in [0, 0.05) is 5.56 Å². The highest BCUT2D eigenvalue weighted by Gasteiger charge is 2.13. The van der Waals surface area contributed by atoms with Gasteiger partial charge in [-0.15, -0.1) is 0 Å². The van der Waals surface area contributed by atoms with Crippen molar-refractivity contribution in [3.63, 3.8) is 0 Å². The molecule has 0 unspecified atom stereocenters. The van der Waals surface area contributed by atoms with Gasteiger partial charge in [-0.05, 0) is 23.8 Å². The fraction of sp³-hybridized carbons (Fsp3) is 0. The van der Waals surface area contributed by atoms with Crippen molar-refractivity contribution in [3.8, 4) is 0 Å². The quantitative estimate of drug-likeness (QED) is 0.550. The number of fused-ring (bicyclic) bond motifs is 1. The zero-order valence-electron chi connectivity index (χ0n) is 5.67. The van der Waals surface area contributed by atoms with Crippen LogP contribution >= 0.6 is 0 Å². The Morgan fingerprint density at radius 3 is 2.82 bits per heavy atom. The molecule has 0 bridgehead atoms. The summed E-state index contributed by atoms with van der Waals surface area (Å²) < 4.78 is 12.6. The molecule has 0 N–H and O–H groups in total. The molecule has 0 atom stereocenters. The lowest BCUT2D eigenvalue weighted by Gasteiger charge is -1.94. The van der Waals surface area contributed by atoms with Crippen molar-refractivity contribution >= 4 is 11.9 Å². The standard InChI is InChI=1S/C9H5FO/c10-7-3-1-6-2-4-9(11)8(6)5-7/h1-5H. The van der Waals surface area contributed by atoms with Gasteiger partial charge in [0.2, 0.25) is 0 Å². The third-order valence-electron chi connectivity index (χ3n) is 1.70. The lowest BCUT2D eigenvalue weighted by atomic mass is 10.1. The molecule has 0 spiro atoms. The van der Waals surface area contributed by atoms with Crippen molar-refractivity contribution in [1.82, 2.24) is 0 Å². The topological polar surface area (TPSA) is 17.1 Å². The average molecular weight is 148 g/mol. The molecule has 0 fully saturated rings. The van der Waals surface area contributed by atoms with Crippen LogP contribution < -0.4 is 0 Å². The predicted octanol–water partition coefficient (Wildman–Crippen LogP) is 2.04. The number of hydrogen-bond acceptors (Lipinski definition) is 1. The molecule has 0 aliphatic heterocycles. The first kappa shape index (κ1) is 6.28. The summed E-state index contributed by atoms with van der Waals surface area (Å²) in [7, 11) is 0. The van der Waals surface area contributed by atoms with Crippen molar-refractivity contribution < 1.29 is 9.18 Å². The zero-order valence-corrected chi connectivity index (χ0v) is 5.67. The van der Waals surface area contributed by atoms with Crippen LogP contribution in [0.3, 0.4) is 0 Å². The van der Waals surface area contributed by atoms with Gasteiger partial charge in [0.15, 0.2) is 5.78 Å². The van der Waals surface area contributed by atoms with Crippen molar-refractivity contribution in [1.29, 1.82) is 0 Å². The third kappa shape index (κ3) is 0.871. The minimum absolute atomic E-state index is 0.112. The number of halogens is 1. The molecule has 0 radical (unpaired) electrons. The van der Waals surface area contributed by atoms with Crippen LogP contribution in [0.1, 0.15) is 15.9 Å². The minimum atomic E-state index is -0.360. The van der Waals surface area contributed by atoms with E-state index in [1.165, 1.54) is 18.2 Å². The molecule has 1 aromatic carbocycles. The Labute approximate surface area is 63.2 Å². The fourth-order valence-corrected chi connectivity index (χ4v) is 1.14. The van der Waals surface area contributed by atoms with Gasteiger partial charge < -0.3 is 0 Å². The van der Waals surface area contributed by atoms with Gasteiger partial charge in [-0.3, -0.25) is 4.79 Å². The number of rotatable bonds is 0. The van der Waals surface area contributed by atoms with Gasteiger partial charge in [0.25, 0.3) is 0 Å². The summed E-state index contributed by atoms with van der Waals surface area (Å²) in [5.41, 5.74) is 1.27. The summed E-state index contributed by atoms with van der Waals surface area (Å²) in [4.78, 5) is 11.0. The Morgan fingerprint density at radius 1 is 1.18 bits per heavy atom. The predicted molar refractivity (Wildman–Crippen MR) is 39.8 cm³/mol. The largest absolute Gasteiger partial charge is 0.289 e. The van der Waals surface area contributed by atoms with Crippen LogP contribution in [-0.4, -0.2) is 5.78 Å². The molecule has 2 rings (SSSR count). The van der Waals surface area contributed by atoms with E-state index in [9.17, 15) is 9.18 Å². The van der Waals surface area contributed by atoms with Crippen LogP contribution in [0.4, 0.5) is 4.39 Å². The SMILES string of the molecule is O=C1C=Cc2ccc(F)cc21. The minimum Gasteiger partial charge on any atom is -0.289 e. The number of carbonyl (C=O) groups is 1. The second-order valence-corrected chi connectivity index (χ2v) is 2.43. The van der Waals surface area contributed by atoms with E-state index in [0.29, 0.717) is 5.56 Å². The van der Waals surface area contributed by atoms with E-state index in [2.05, 4.69) is 0 Å². The Kier molecular flexibility index (Phi) is 1.15. The van der Waals surface area contributed by atoms with Gasteiger partial charge in [-0.1, -0.05) is 12.1 Å². The smallest absolute Gasteiger partial charge is 0.186 e. The van der Waals surface area contributed by atoms with Crippen molar-refractivity contribution in [3.05, 3.63) is 41.2 Å². The van der Waals surface area contributed by atoms with Crippen LogP contribution in [0.25, 0.3) is 6.08 Å². The number of ketones is 1. The molecule has 0 saturated carbocycles. The molecule has 1 aromatic rings. The monoisotopic (exact) mass is 148 g/mol. The van der Waals surface area contributed by atoms with Crippen LogP contribution in [0, 0.1) is 5.82 Å². The third-order valence-corrected chi connectivity index (χ3v) is 1.70. The van der Waals surface area contributed by atoms with E-state index < -0.39 is 0 Å². The number of benzene rings is 1. The molecule has 0 saturated heterocycles. The van der Waals surface area contributed by atoms with Gasteiger partial charge in [0.05, 0.1) is 0 Å². The molecule has 11 heavy (non-hydrogen) atoms. The Hall–Kier alpha value is -1.44. The van der Waals surface area contributed by atoms with Crippen LogP contribution in [0.2, 0.25) is 0 Å². The zero-order chi connectivity index (χ0) is 7.84. The van der Waals surface area contributed by atoms with Crippen LogP contribution in [-0.2, 0) is 0 Å². The highest BCUT2D eigenvalue weighted by atomic mass is 19.1. The van der Waals surface area contributed by atoms with Gasteiger partial charge in [-0.2, -0.15) is 0 Å². The Morgan fingerprint density at radius 2 is 2.00 bits per heavy atom. The molecule has 1 aliphatic rings. The molecular weight excluding hydrogens is 143 g/mol. The number of allylic oxidation sites excluding steroid dienone is 1. The molecule has 1 nitrogen and oxygen atoms in total. The number of carbonyl (C=O) groups excluding carboxylic acids is 1. The lowest BCUT2D eigenvalue weighted by Crippen LogP contribution is -1.91. The van der Waals surface area contributed by atoms with Crippen molar-refractivity contribution in [2.75, 3.05) is 0 Å². The van der Waals surface area contributed by atoms with Crippen molar-refractivity contribution in [2.45, 2.75) is 0 Å².